The Bertz CT molecular complexity index is 1460. The third-order valence-corrected chi connectivity index (χ3v) is 4.80. The third-order valence-electron chi connectivity index (χ3n) is 4.80. The molecule has 0 aliphatic heterocycles. The highest BCUT2D eigenvalue weighted by Crippen LogP contribution is 2.23. The first-order chi connectivity index (χ1) is 16.2. The van der Waals surface area contributed by atoms with Crippen molar-refractivity contribution in [2.75, 3.05) is 19.0 Å². The molecule has 0 atom stereocenters. The first kappa shape index (κ1) is 20.3. The number of nitrogens with one attached hydrogen (secondary N) is 1. The van der Waals surface area contributed by atoms with Crippen molar-refractivity contribution in [3.05, 3.63) is 54.2 Å². The molecule has 5 aromatic rings. The maximum Gasteiger partial charge on any atom is 0.360 e. The maximum atomic E-state index is 11.8. The van der Waals surface area contributed by atoms with Crippen LogP contribution in [0.1, 0.15) is 23.2 Å². The van der Waals surface area contributed by atoms with Crippen molar-refractivity contribution in [1.82, 2.24) is 34.9 Å². The van der Waals surface area contributed by atoms with Crippen LogP contribution in [0.15, 0.2) is 47.2 Å². The van der Waals surface area contributed by atoms with Crippen LogP contribution in [0.3, 0.4) is 0 Å². The molecule has 0 aromatic carbocycles. The summed E-state index contributed by atoms with van der Waals surface area (Å²) in [5, 5.41) is 20.0. The van der Waals surface area contributed by atoms with Gasteiger partial charge in [0, 0.05) is 18.3 Å². The van der Waals surface area contributed by atoms with Crippen molar-refractivity contribution in [3.63, 3.8) is 0 Å². The minimum atomic E-state index is -0.557. The van der Waals surface area contributed by atoms with Crippen LogP contribution in [-0.2, 0) is 11.3 Å². The number of hydrogen-bond donors (Lipinski definition) is 1. The van der Waals surface area contributed by atoms with Crippen molar-refractivity contribution < 1.29 is 18.8 Å². The molecule has 0 aliphatic rings. The molecule has 0 bridgehead atoms. The quantitative estimate of drug-likeness (QED) is 0.368. The maximum absolute atomic E-state index is 11.8. The molecule has 5 rings (SSSR count). The fourth-order valence-electron chi connectivity index (χ4n) is 3.21. The number of ether oxygens (including phenoxy) is 2. The Labute approximate surface area is 186 Å². The van der Waals surface area contributed by atoms with Crippen molar-refractivity contribution in [1.29, 1.82) is 0 Å². The van der Waals surface area contributed by atoms with Gasteiger partial charge in [-0.3, -0.25) is 4.98 Å². The van der Waals surface area contributed by atoms with Crippen LogP contribution in [0.4, 0.5) is 5.69 Å². The van der Waals surface area contributed by atoms with E-state index in [1.54, 1.807) is 43.1 Å². The monoisotopic (exact) mass is 446 g/mol. The number of methoxy groups -OCH3 is 1. The molecule has 0 saturated heterocycles. The summed E-state index contributed by atoms with van der Waals surface area (Å²) in [6, 6.07) is 8.59. The van der Waals surface area contributed by atoms with E-state index in [1.165, 1.54) is 6.07 Å². The van der Waals surface area contributed by atoms with Gasteiger partial charge in [0.2, 0.25) is 0 Å². The van der Waals surface area contributed by atoms with E-state index in [-0.39, 0.29) is 12.3 Å². The molecule has 0 amide bonds. The zero-order chi connectivity index (χ0) is 22.8. The molecule has 0 aliphatic carbocycles. The van der Waals surface area contributed by atoms with Crippen molar-refractivity contribution >= 4 is 28.3 Å². The van der Waals surface area contributed by atoms with E-state index in [2.05, 4.69) is 35.7 Å². The lowest BCUT2D eigenvalue weighted by molar-refractivity contribution is 0.0514. The number of aromatic nitrogens is 7. The van der Waals surface area contributed by atoms with Crippen LogP contribution in [-0.4, -0.2) is 54.6 Å². The molecule has 12 nitrogen and oxygen atoms in total. The van der Waals surface area contributed by atoms with Gasteiger partial charge < -0.3 is 19.3 Å². The van der Waals surface area contributed by atoms with E-state index in [9.17, 15) is 4.79 Å². The van der Waals surface area contributed by atoms with Gasteiger partial charge in [0.15, 0.2) is 22.9 Å². The van der Waals surface area contributed by atoms with Gasteiger partial charge in [-0.25, -0.2) is 9.78 Å². The van der Waals surface area contributed by atoms with E-state index in [0.29, 0.717) is 46.3 Å². The number of anilines is 1. The summed E-state index contributed by atoms with van der Waals surface area (Å²) in [5.74, 6) is 0.964. The highest BCUT2D eigenvalue weighted by molar-refractivity contribution is 5.88. The van der Waals surface area contributed by atoms with Gasteiger partial charge >= 0.3 is 5.97 Å². The SMILES string of the molecule is CCOC(=O)c1cc(-c2ccc3nnc(CNc4ccnc5cc(OC)cnc45)n3n2)on1. The van der Waals surface area contributed by atoms with Crippen LogP contribution in [0.2, 0.25) is 0 Å². The summed E-state index contributed by atoms with van der Waals surface area (Å²) in [7, 11) is 1.58. The van der Waals surface area contributed by atoms with Gasteiger partial charge in [0.25, 0.3) is 0 Å². The summed E-state index contributed by atoms with van der Waals surface area (Å²) in [5.41, 5.74) is 3.29. The highest BCUT2D eigenvalue weighted by Gasteiger charge is 2.17. The normalized spacial score (nSPS) is 11.1. The van der Waals surface area contributed by atoms with Gasteiger partial charge in [-0.05, 0) is 25.1 Å². The lowest BCUT2D eigenvalue weighted by Crippen LogP contribution is -2.07. The Morgan fingerprint density at radius 3 is 2.94 bits per heavy atom. The number of pyridine rings is 2. The lowest BCUT2D eigenvalue weighted by Gasteiger charge is -2.08. The topological polar surface area (TPSA) is 142 Å². The molecule has 166 valence electrons. The van der Waals surface area contributed by atoms with Crippen molar-refractivity contribution in [2.24, 2.45) is 0 Å². The summed E-state index contributed by atoms with van der Waals surface area (Å²) >= 11 is 0. The molecule has 5 heterocycles. The average molecular weight is 446 g/mol. The Balaban J connectivity index is 1.41. The van der Waals surface area contributed by atoms with Gasteiger partial charge in [-0.2, -0.15) is 9.61 Å². The second-order valence-electron chi connectivity index (χ2n) is 6.86. The Kier molecular flexibility index (Phi) is 5.23. The molecule has 0 radical (unpaired) electrons. The second kappa shape index (κ2) is 8.49. The van der Waals surface area contributed by atoms with Crippen LogP contribution in [0.25, 0.3) is 28.1 Å². The average Bonchev–Trinajstić information content (AvgIpc) is 3.49. The zero-order valence-corrected chi connectivity index (χ0v) is 17.7. The smallest absolute Gasteiger partial charge is 0.360 e. The van der Waals surface area contributed by atoms with Crippen LogP contribution < -0.4 is 10.1 Å². The standard InChI is InChI=1S/C21H18N8O4/c1-3-32-21(30)16-9-17(33-28-16)13-4-5-18-25-26-19(29(18)27-13)11-23-14-6-7-22-15-8-12(31-2)10-24-20(14)15/h4-10H,3,11H2,1-2H3,(H,22,23). The molecular formula is C21H18N8O4. The zero-order valence-electron chi connectivity index (χ0n) is 17.7. The molecule has 33 heavy (non-hydrogen) atoms. The summed E-state index contributed by atoms with van der Waals surface area (Å²) in [6.45, 7) is 2.30. The number of esters is 1. The molecule has 5 aromatic heterocycles. The summed E-state index contributed by atoms with van der Waals surface area (Å²) in [4.78, 5) is 20.6. The third kappa shape index (κ3) is 3.89. The Morgan fingerprint density at radius 1 is 1.18 bits per heavy atom. The molecule has 1 N–H and O–H groups in total. The number of nitrogens with zero attached hydrogens (tertiary/aromatic N) is 7. The fraction of sp³-hybridized carbons (Fsp3) is 0.190. The molecular weight excluding hydrogens is 428 g/mol. The Morgan fingerprint density at radius 2 is 2.09 bits per heavy atom. The van der Waals surface area contributed by atoms with Gasteiger partial charge in [0.1, 0.15) is 17.0 Å². The van der Waals surface area contributed by atoms with E-state index in [4.69, 9.17) is 14.0 Å². The van der Waals surface area contributed by atoms with Crippen molar-refractivity contribution in [2.45, 2.75) is 13.5 Å². The number of carbonyl (C=O) groups excluding carboxylic acids is 1. The number of fused-ring (bicyclic) bond motifs is 2. The summed E-state index contributed by atoms with van der Waals surface area (Å²) in [6.07, 6.45) is 3.33. The number of hydrogen-bond acceptors (Lipinski definition) is 11. The molecule has 0 saturated carbocycles. The van der Waals surface area contributed by atoms with E-state index in [1.807, 2.05) is 12.1 Å². The Hall–Kier alpha value is -4.61. The van der Waals surface area contributed by atoms with Gasteiger partial charge in [-0.15, -0.1) is 10.2 Å². The van der Waals surface area contributed by atoms with E-state index in [0.717, 1.165) is 5.69 Å². The fourth-order valence-corrected chi connectivity index (χ4v) is 3.21. The number of rotatable bonds is 7. The predicted octanol–water partition coefficient (Wildman–Crippen LogP) is 2.52. The minimum absolute atomic E-state index is 0.0769. The van der Waals surface area contributed by atoms with Crippen LogP contribution in [0.5, 0.6) is 5.75 Å². The van der Waals surface area contributed by atoms with Gasteiger partial charge in [-0.1, -0.05) is 5.16 Å². The number of carbonyl (C=O) groups is 1. The highest BCUT2D eigenvalue weighted by atomic mass is 16.5. The van der Waals surface area contributed by atoms with Crippen LogP contribution in [0, 0.1) is 0 Å². The lowest BCUT2D eigenvalue weighted by atomic mass is 10.2. The molecule has 0 spiro atoms. The largest absolute Gasteiger partial charge is 0.495 e. The van der Waals surface area contributed by atoms with E-state index >= 15 is 0 Å². The second-order valence-corrected chi connectivity index (χ2v) is 6.86. The van der Waals surface area contributed by atoms with Gasteiger partial charge in [0.05, 0.1) is 37.7 Å². The van der Waals surface area contributed by atoms with Crippen LogP contribution >= 0.6 is 0 Å². The molecule has 0 fully saturated rings. The minimum Gasteiger partial charge on any atom is -0.495 e. The predicted molar refractivity (Wildman–Crippen MR) is 116 cm³/mol. The molecule has 0 unspecified atom stereocenters. The first-order valence-corrected chi connectivity index (χ1v) is 10.0. The van der Waals surface area contributed by atoms with E-state index < -0.39 is 5.97 Å². The summed E-state index contributed by atoms with van der Waals surface area (Å²) < 4.78 is 17.0. The molecule has 12 heteroatoms. The first-order valence-electron chi connectivity index (χ1n) is 10.0. The van der Waals surface area contributed by atoms with Crippen molar-refractivity contribution in [3.8, 4) is 17.2 Å².